The van der Waals surface area contributed by atoms with E-state index in [1.807, 2.05) is 0 Å². The Bertz CT molecular complexity index is 534. The maximum atomic E-state index is 5.79. The van der Waals surface area contributed by atoms with Crippen LogP contribution < -0.4 is 0 Å². The van der Waals surface area contributed by atoms with Gasteiger partial charge in [0.2, 0.25) is 0 Å². The number of likely N-dealkylation sites (N-methyl/N-ethyl adjacent to an activating group) is 1. The topological polar surface area (TPSA) is 12.5 Å². The molecule has 114 valence electrons. The lowest BCUT2D eigenvalue weighted by Crippen LogP contribution is -2.22. The molecule has 1 atom stereocenters. The van der Waals surface area contributed by atoms with Crippen molar-refractivity contribution in [2.75, 3.05) is 13.7 Å². The van der Waals surface area contributed by atoms with E-state index in [4.69, 9.17) is 4.74 Å². The van der Waals surface area contributed by atoms with Crippen molar-refractivity contribution in [2.24, 2.45) is 0 Å². The lowest BCUT2D eigenvalue weighted by molar-refractivity contribution is 0.205. The van der Waals surface area contributed by atoms with E-state index >= 15 is 0 Å². The molecule has 0 aliphatic carbocycles. The molecular weight excluding hydrogens is 258 g/mol. The van der Waals surface area contributed by atoms with Gasteiger partial charge >= 0.3 is 0 Å². The molecule has 2 heteroatoms. The Morgan fingerprint density at radius 3 is 2.38 bits per heavy atom. The number of nitrogens with zero attached hydrogens (tertiary/aromatic N) is 1. The molecule has 0 N–H and O–H groups in total. The Labute approximate surface area is 129 Å². The van der Waals surface area contributed by atoms with E-state index in [0.29, 0.717) is 6.04 Å². The van der Waals surface area contributed by atoms with Gasteiger partial charge in [0.05, 0.1) is 12.6 Å². The van der Waals surface area contributed by atoms with Crippen LogP contribution in [0.2, 0.25) is 0 Å². The lowest BCUT2D eigenvalue weighted by Gasteiger charge is -2.31. The summed E-state index contributed by atoms with van der Waals surface area (Å²) < 4.78 is 5.79. The van der Waals surface area contributed by atoms with Crippen LogP contribution >= 0.6 is 0 Å². The Hall–Kier alpha value is -1.70. The predicted molar refractivity (Wildman–Crippen MR) is 89.2 cm³/mol. The third kappa shape index (κ3) is 3.69. The van der Waals surface area contributed by atoms with Crippen molar-refractivity contribution in [3.05, 3.63) is 58.5 Å². The van der Waals surface area contributed by atoms with E-state index in [0.717, 1.165) is 25.2 Å². The molecule has 0 fully saturated rings. The smallest absolute Gasteiger partial charge is 0.134 e. The van der Waals surface area contributed by atoms with Crippen LogP contribution in [0.25, 0.3) is 0 Å². The fourth-order valence-corrected chi connectivity index (χ4v) is 3.02. The summed E-state index contributed by atoms with van der Waals surface area (Å²) in [6.07, 6.45) is 8.73. The molecular formula is C19H27NO. The van der Waals surface area contributed by atoms with Crippen LogP contribution in [0.5, 0.6) is 0 Å². The number of hydrogen-bond acceptors (Lipinski definition) is 2. The first-order chi connectivity index (χ1) is 10.0. The van der Waals surface area contributed by atoms with Crippen LogP contribution in [0.3, 0.4) is 0 Å². The molecule has 1 aromatic rings. The number of ether oxygens (including phenoxy) is 1. The van der Waals surface area contributed by atoms with E-state index in [2.05, 4.69) is 70.1 Å². The molecule has 1 aliphatic heterocycles. The monoisotopic (exact) mass is 285 g/mol. The van der Waals surface area contributed by atoms with E-state index in [1.165, 1.54) is 22.3 Å². The summed E-state index contributed by atoms with van der Waals surface area (Å²) in [4.78, 5) is 2.24. The second-order valence-electron chi connectivity index (χ2n) is 6.02. The fourth-order valence-electron chi connectivity index (χ4n) is 3.02. The van der Waals surface area contributed by atoms with Gasteiger partial charge in [-0.2, -0.15) is 0 Å². The van der Waals surface area contributed by atoms with E-state index in [9.17, 15) is 0 Å². The zero-order valence-electron chi connectivity index (χ0n) is 13.9. The summed E-state index contributed by atoms with van der Waals surface area (Å²) >= 11 is 0. The van der Waals surface area contributed by atoms with Crippen LogP contribution in [0.4, 0.5) is 0 Å². The molecule has 1 aliphatic rings. The summed E-state index contributed by atoms with van der Waals surface area (Å²) in [5.41, 5.74) is 5.45. The van der Waals surface area contributed by atoms with Gasteiger partial charge in [-0.05, 0) is 50.0 Å². The van der Waals surface area contributed by atoms with E-state index in [1.54, 1.807) is 0 Å². The summed E-state index contributed by atoms with van der Waals surface area (Å²) in [5.74, 6) is 0.963. The minimum absolute atomic E-state index is 0.295. The number of unbranched alkanes of at least 4 members (excludes halogenated alkanes) is 1. The molecule has 0 spiro atoms. The predicted octanol–water partition coefficient (Wildman–Crippen LogP) is 4.81. The summed E-state index contributed by atoms with van der Waals surface area (Å²) in [7, 11) is 2.12. The van der Waals surface area contributed by atoms with Gasteiger partial charge in [0.15, 0.2) is 0 Å². The van der Waals surface area contributed by atoms with Gasteiger partial charge < -0.3 is 9.64 Å². The normalized spacial score (nSPS) is 17.9. The minimum atomic E-state index is 0.295. The first-order valence-electron chi connectivity index (χ1n) is 7.85. The lowest BCUT2D eigenvalue weighted by atomic mass is 9.92. The molecule has 0 aromatic heterocycles. The van der Waals surface area contributed by atoms with Crippen LogP contribution in [-0.2, 0) is 4.74 Å². The Morgan fingerprint density at radius 2 is 1.81 bits per heavy atom. The van der Waals surface area contributed by atoms with E-state index < -0.39 is 0 Å². The van der Waals surface area contributed by atoms with Crippen molar-refractivity contribution < 1.29 is 4.74 Å². The molecule has 0 bridgehead atoms. The zero-order valence-corrected chi connectivity index (χ0v) is 13.9. The molecule has 0 amide bonds. The van der Waals surface area contributed by atoms with Crippen molar-refractivity contribution in [1.82, 2.24) is 4.90 Å². The second-order valence-corrected chi connectivity index (χ2v) is 6.02. The number of allylic oxidation sites excluding steroid dienone is 1. The third-order valence-electron chi connectivity index (χ3n) is 4.01. The maximum Gasteiger partial charge on any atom is 0.134 e. The Morgan fingerprint density at radius 1 is 1.14 bits per heavy atom. The molecule has 21 heavy (non-hydrogen) atoms. The highest BCUT2D eigenvalue weighted by atomic mass is 16.5. The van der Waals surface area contributed by atoms with Gasteiger partial charge in [-0.1, -0.05) is 37.1 Å². The zero-order chi connectivity index (χ0) is 15.4. The quantitative estimate of drug-likeness (QED) is 0.720. The number of aryl methyl sites for hydroxylation is 3. The molecule has 0 radical (unpaired) electrons. The number of rotatable bonds is 5. The van der Waals surface area contributed by atoms with Crippen molar-refractivity contribution >= 4 is 0 Å². The first kappa shape index (κ1) is 15.7. The van der Waals surface area contributed by atoms with Crippen LogP contribution in [-0.4, -0.2) is 18.6 Å². The van der Waals surface area contributed by atoms with Crippen molar-refractivity contribution in [3.8, 4) is 0 Å². The van der Waals surface area contributed by atoms with Crippen LogP contribution in [0.15, 0.2) is 36.2 Å². The highest BCUT2D eigenvalue weighted by molar-refractivity contribution is 5.43. The molecule has 1 aromatic carbocycles. The molecule has 2 rings (SSSR count). The van der Waals surface area contributed by atoms with Crippen molar-refractivity contribution in [1.29, 1.82) is 0 Å². The SMILES string of the molecule is CCCCOC1=CN(C)C(c2c(C)cc(C)cc2C)C=C1. The van der Waals surface area contributed by atoms with Gasteiger partial charge in [0.1, 0.15) is 5.76 Å². The second kappa shape index (κ2) is 6.84. The van der Waals surface area contributed by atoms with Crippen molar-refractivity contribution in [2.45, 2.75) is 46.6 Å². The molecule has 0 saturated heterocycles. The maximum absolute atomic E-state index is 5.79. The van der Waals surface area contributed by atoms with Gasteiger partial charge in [-0.25, -0.2) is 0 Å². The van der Waals surface area contributed by atoms with Gasteiger partial charge in [0.25, 0.3) is 0 Å². The number of hydrogen-bond donors (Lipinski definition) is 0. The highest BCUT2D eigenvalue weighted by Gasteiger charge is 2.20. The standard InChI is InChI=1S/C19H27NO/c1-6-7-10-21-17-8-9-18(20(5)13-17)19-15(3)11-14(2)12-16(19)4/h8-9,11-13,18H,6-7,10H2,1-5H3. The summed E-state index contributed by atoms with van der Waals surface area (Å²) in [6.45, 7) is 9.54. The average Bonchev–Trinajstić information content (AvgIpc) is 2.40. The largest absolute Gasteiger partial charge is 0.492 e. The Kier molecular flexibility index (Phi) is 5.11. The number of benzene rings is 1. The van der Waals surface area contributed by atoms with Crippen LogP contribution in [0.1, 0.15) is 48.1 Å². The van der Waals surface area contributed by atoms with Gasteiger partial charge in [-0.3, -0.25) is 0 Å². The summed E-state index contributed by atoms with van der Waals surface area (Å²) in [5, 5.41) is 0. The van der Waals surface area contributed by atoms with Gasteiger partial charge in [0, 0.05) is 13.2 Å². The minimum Gasteiger partial charge on any atom is -0.492 e. The average molecular weight is 285 g/mol. The molecule has 1 heterocycles. The Balaban J connectivity index is 2.16. The highest BCUT2D eigenvalue weighted by Crippen LogP contribution is 2.31. The molecule has 2 nitrogen and oxygen atoms in total. The molecule has 1 unspecified atom stereocenters. The first-order valence-corrected chi connectivity index (χ1v) is 7.85. The fraction of sp³-hybridized carbons (Fsp3) is 0.474. The van der Waals surface area contributed by atoms with Crippen LogP contribution in [0, 0.1) is 20.8 Å². The van der Waals surface area contributed by atoms with Gasteiger partial charge in [-0.15, -0.1) is 0 Å². The van der Waals surface area contributed by atoms with E-state index in [-0.39, 0.29) is 0 Å². The summed E-state index contributed by atoms with van der Waals surface area (Å²) in [6, 6.07) is 4.83. The van der Waals surface area contributed by atoms with Crippen molar-refractivity contribution in [3.63, 3.8) is 0 Å². The molecule has 0 saturated carbocycles. The third-order valence-corrected chi connectivity index (χ3v) is 4.01.